The van der Waals surface area contributed by atoms with Crippen molar-refractivity contribution in [2.45, 2.75) is 18.9 Å². The standard InChI is InChI=1S/C16H17NO/c1-2-7-13(8-3-1)18-16-11-5-4-9-14(16)15-10-6-12-17-15/h1-5,7-9,11,15,17H,6,10,12H2/t15-/m0/s1. The fourth-order valence-corrected chi connectivity index (χ4v) is 2.43. The third-order valence-electron chi connectivity index (χ3n) is 3.33. The van der Waals surface area contributed by atoms with Crippen LogP contribution in [0.25, 0.3) is 0 Å². The Bertz CT molecular complexity index is 504. The Kier molecular flexibility index (Phi) is 3.29. The number of hydrogen-bond donors (Lipinski definition) is 1. The summed E-state index contributed by atoms with van der Waals surface area (Å²) < 4.78 is 5.98. The van der Waals surface area contributed by atoms with Crippen molar-refractivity contribution in [1.29, 1.82) is 0 Å². The lowest BCUT2D eigenvalue weighted by atomic mass is 10.0. The molecule has 1 heterocycles. The molecule has 0 aromatic heterocycles. The van der Waals surface area contributed by atoms with Crippen LogP contribution in [-0.2, 0) is 0 Å². The molecular formula is C16H17NO. The number of para-hydroxylation sites is 2. The second kappa shape index (κ2) is 5.23. The van der Waals surface area contributed by atoms with Crippen LogP contribution in [0.3, 0.4) is 0 Å². The minimum Gasteiger partial charge on any atom is -0.457 e. The summed E-state index contributed by atoms with van der Waals surface area (Å²) in [6.45, 7) is 1.10. The van der Waals surface area contributed by atoms with Crippen molar-refractivity contribution in [1.82, 2.24) is 5.32 Å². The van der Waals surface area contributed by atoms with Crippen molar-refractivity contribution in [3.63, 3.8) is 0 Å². The Labute approximate surface area is 108 Å². The number of benzene rings is 2. The molecule has 1 fully saturated rings. The van der Waals surface area contributed by atoms with E-state index in [2.05, 4.69) is 17.4 Å². The summed E-state index contributed by atoms with van der Waals surface area (Å²) in [6.07, 6.45) is 2.43. The zero-order chi connectivity index (χ0) is 12.2. The smallest absolute Gasteiger partial charge is 0.132 e. The monoisotopic (exact) mass is 239 g/mol. The van der Waals surface area contributed by atoms with Gasteiger partial charge in [-0.25, -0.2) is 0 Å². The first-order valence-corrected chi connectivity index (χ1v) is 6.49. The molecule has 1 aliphatic rings. The van der Waals surface area contributed by atoms with Gasteiger partial charge in [0.2, 0.25) is 0 Å². The maximum Gasteiger partial charge on any atom is 0.132 e. The molecule has 0 amide bonds. The third kappa shape index (κ3) is 2.39. The molecule has 2 aromatic rings. The van der Waals surface area contributed by atoms with E-state index < -0.39 is 0 Å². The molecule has 3 rings (SSSR count). The minimum atomic E-state index is 0.435. The lowest BCUT2D eigenvalue weighted by molar-refractivity contribution is 0.465. The molecule has 92 valence electrons. The van der Waals surface area contributed by atoms with Crippen molar-refractivity contribution in [2.75, 3.05) is 6.54 Å². The van der Waals surface area contributed by atoms with E-state index in [0.717, 1.165) is 18.0 Å². The van der Waals surface area contributed by atoms with E-state index in [-0.39, 0.29) is 0 Å². The zero-order valence-corrected chi connectivity index (χ0v) is 10.3. The zero-order valence-electron chi connectivity index (χ0n) is 10.3. The summed E-state index contributed by atoms with van der Waals surface area (Å²) in [6, 6.07) is 18.7. The van der Waals surface area contributed by atoms with E-state index >= 15 is 0 Å². The Balaban J connectivity index is 1.87. The first kappa shape index (κ1) is 11.3. The summed E-state index contributed by atoms with van der Waals surface area (Å²) in [5, 5.41) is 3.52. The second-order valence-electron chi connectivity index (χ2n) is 4.60. The largest absolute Gasteiger partial charge is 0.457 e. The van der Waals surface area contributed by atoms with E-state index in [4.69, 9.17) is 4.74 Å². The Morgan fingerprint density at radius 3 is 2.50 bits per heavy atom. The van der Waals surface area contributed by atoms with Crippen LogP contribution in [0.15, 0.2) is 54.6 Å². The van der Waals surface area contributed by atoms with Crippen LogP contribution < -0.4 is 10.1 Å². The van der Waals surface area contributed by atoms with Gasteiger partial charge in [-0.3, -0.25) is 0 Å². The number of ether oxygens (including phenoxy) is 1. The van der Waals surface area contributed by atoms with E-state index in [0.29, 0.717) is 6.04 Å². The summed E-state index contributed by atoms with van der Waals surface area (Å²) in [5.74, 6) is 1.85. The molecule has 1 N–H and O–H groups in total. The van der Waals surface area contributed by atoms with E-state index in [9.17, 15) is 0 Å². The maximum atomic E-state index is 5.98. The van der Waals surface area contributed by atoms with Gasteiger partial charge in [-0.1, -0.05) is 36.4 Å². The van der Waals surface area contributed by atoms with Crippen molar-refractivity contribution < 1.29 is 4.74 Å². The average Bonchev–Trinajstić information content (AvgIpc) is 2.94. The van der Waals surface area contributed by atoms with Crippen LogP contribution in [0.1, 0.15) is 24.4 Å². The highest BCUT2D eigenvalue weighted by atomic mass is 16.5. The van der Waals surface area contributed by atoms with Crippen LogP contribution in [0.2, 0.25) is 0 Å². The van der Waals surface area contributed by atoms with Crippen molar-refractivity contribution >= 4 is 0 Å². The van der Waals surface area contributed by atoms with Gasteiger partial charge in [-0.15, -0.1) is 0 Å². The van der Waals surface area contributed by atoms with Crippen LogP contribution in [-0.4, -0.2) is 6.54 Å². The molecule has 2 heteroatoms. The van der Waals surface area contributed by atoms with Crippen LogP contribution in [0.4, 0.5) is 0 Å². The van der Waals surface area contributed by atoms with Gasteiger partial charge in [-0.05, 0) is 37.6 Å². The quantitative estimate of drug-likeness (QED) is 0.877. The van der Waals surface area contributed by atoms with Crippen molar-refractivity contribution in [3.8, 4) is 11.5 Å². The predicted molar refractivity (Wildman–Crippen MR) is 72.9 cm³/mol. The summed E-state index contributed by atoms with van der Waals surface area (Å²) in [7, 11) is 0. The van der Waals surface area contributed by atoms with Gasteiger partial charge in [0.05, 0.1) is 0 Å². The van der Waals surface area contributed by atoms with Crippen LogP contribution in [0.5, 0.6) is 11.5 Å². The predicted octanol–water partition coefficient (Wildman–Crippen LogP) is 3.90. The summed E-state index contributed by atoms with van der Waals surface area (Å²) in [5.41, 5.74) is 1.26. The number of hydrogen-bond acceptors (Lipinski definition) is 2. The second-order valence-corrected chi connectivity index (χ2v) is 4.60. The Morgan fingerprint density at radius 2 is 1.72 bits per heavy atom. The first-order chi connectivity index (χ1) is 8.93. The third-order valence-corrected chi connectivity index (χ3v) is 3.33. The fraction of sp³-hybridized carbons (Fsp3) is 0.250. The molecule has 18 heavy (non-hydrogen) atoms. The van der Waals surface area contributed by atoms with Gasteiger partial charge in [0.25, 0.3) is 0 Å². The highest BCUT2D eigenvalue weighted by Gasteiger charge is 2.19. The molecule has 2 aromatic carbocycles. The molecule has 0 spiro atoms. The summed E-state index contributed by atoms with van der Waals surface area (Å²) >= 11 is 0. The normalized spacial score (nSPS) is 18.8. The highest BCUT2D eigenvalue weighted by Crippen LogP contribution is 2.33. The molecule has 1 atom stereocenters. The highest BCUT2D eigenvalue weighted by molar-refractivity contribution is 5.40. The number of nitrogens with one attached hydrogen (secondary N) is 1. The van der Waals surface area contributed by atoms with E-state index in [1.54, 1.807) is 0 Å². The molecule has 0 radical (unpaired) electrons. The molecule has 0 unspecified atom stereocenters. The lowest BCUT2D eigenvalue weighted by Gasteiger charge is -2.16. The Hall–Kier alpha value is -1.80. The molecule has 2 nitrogen and oxygen atoms in total. The Morgan fingerprint density at radius 1 is 0.944 bits per heavy atom. The fourth-order valence-electron chi connectivity index (χ4n) is 2.43. The molecule has 0 saturated carbocycles. The average molecular weight is 239 g/mol. The van der Waals surface area contributed by atoms with Crippen molar-refractivity contribution in [2.24, 2.45) is 0 Å². The van der Waals surface area contributed by atoms with Gasteiger partial charge in [0, 0.05) is 11.6 Å². The van der Waals surface area contributed by atoms with Gasteiger partial charge in [0.15, 0.2) is 0 Å². The maximum absolute atomic E-state index is 5.98. The van der Waals surface area contributed by atoms with Gasteiger partial charge in [-0.2, -0.15) is 0 Å². The number of rotatable bonds is 3. The van der Waals surface area contributed by atoms with Gasteiger partial charge in [0.1, 0.15) is 11.5 Å². The molecule has 1 aliphatic heterocycles. The lowest BCUT2D eigenvalue weighted by Crippen LogP contribution is -2.13. The van der Waals surface area contributed by atoms with Gasteiger partial charge >= 0.3 is 0 Å². The molecule has 0 bridgehead atoms. The molecule has 1 saturated heterocycles. The summed E-state index contributed by atoms with van der Waals surface area (Å²) in [4.78, 5) is 0. The molecule has 0 aliphatic carbocycles. The minimum absolute atomic E-state index is 0.435. The van der Waals surface area contributed by atoms with E-state index in [1.165, 1.54) is 18.4 Å². The van der Waals surface area contributed by atoms with E-state index in [1.807, 2.05) is 42.5 Å². The first-order valence-electron chi connectivity index (χ1n) is 6.49. The molecular weight excluding hydrogens is 222 g/mol. The van der Waals surface area contributed by atoms with Crippen molar-refractivity contribution in [3.05, 3.63) is 60.2 Å². The van der Waals surface area contributed by atoms with Crippen LogP contribution >= 0.6 is 0 Å². The topological polar surface area (TPSA) is 21.3 Å². The van der Waals surface area contributed by atoms with Gasteiger partial charge < -0.3 is 10.1 Å². The van der Waals surface area contributed by atoms with Crippen LogP contribution in [0, 0.1) is 0 Å². The SMILES string of the molecule is c1ccc(Oc2ccccc2[C@@H]2CCCN2)cc1.